The number of carbonyl (C=O) groups excluding carboxylic acids is 1. The van der Waals surface area contributed by atoms with E-state index in [0.717, 1.165) is 11.8 Å². The van der Waals surface area contributed by atoms with Crippen molar-refractivity contribution in [3.8, 4) is 6.07 Å². The summed E-state index contributed by atoms with van der Waals surface area (Å²) in [6, 6.07) is 8.08. The topological polar surface area (TPSA) is 104 Å². The van der Waals surface area contributed by atoms with Crippen LogP contribution in [0.15, 0.2) is 24.3 Å². The Morgan fingerprint density at radius 2 is 1.95 bits per heavy atom. The molecule has 1 aromatic carbocycles. The average molecular weight is 309 g/mol. The maximum Gasteiger partial charge on any atom is 0.239 e. The maximum absolute atomic E-state index is 12.0. The lowest BCUT2D eigenvalue weighted by atomic mass is 10.1. The minimum Gasteiger partial charge on any atom is -0.340 e. The van der Waals surface area contributed by atoms with Crippen molar-refractivity contribution >= 4 is 15.7 Å². The molecule has 2 N–H and O–H groups in total. The molecule has 7 heteroatoms. The standard InChI is InChI=1S/C14H19N3O3S/c1-17(10-12-5-3-11(9-15)4-6-12)14(18)13(16)7-8-21(2,19)20/h3-6,13H,7-8,10,16H2,1-2H3. The molecule has 0 aliphatic heterocycles. The highest BCUT2D eigenvalue weighted by Gasteiger charge is 2.19. The second kappa shape index (κ2) is 7.20. The van der Waals surface area contributed by atoms with Crippen LogP contribution in [0.1, 0.15) is 17.5 Å². The van der Waals surface area contributed by atoms with E-state index in [1.807, 2.05) is 6.07 Å². The minimum absolute atomic E-state index is 0.107. The second-order valence-corrected chi connectivity index (χ2v) is 7.29. The van der Waals surface area contributed by atoms with Gasteiger partial charge >= 0.3 is 0 Å². The van der Waals surface area contributed by atoms with Gasteiger partial charge in [0, 0.05) is 19.8 Å². The van der Waals surface area contributed by atoms with Gasteiger partial charge in [-0.05, 0) is 24.1 Å². The predicted octanol–water partition coefficient (Wildman–Crippen LogP) is 0.279. The molecule has 0 radical (unpaired) electrons. The summed E-state index contributed by atoms with van der Waals surface area (Å²) >= 11 is 0. The molecule has 0 bridgehead atoms. The van der Waals surface area contributed by atoms with Gasteiger partial charge in [-0.1, -0.05) is 12.1 Å². The van der Waals surface area contributed by atoms with Crippen LogP contribution < -0.4 is 5.73 Å². The highest BCUT2D eigenvalue weighted by atomic mass is 32.2. The summed E-state index contributed by atoms with van der Waals surface area (Å²) in [5, 5.41) is 8.72. The molecule has 1 amide bonds. The Balaban J connectivity index is 2.59. The SMILES string of the molecule is CN(Cc1ccc(C#N)cc1)C(=O)C(N)CCS(C)(=O)=O. The van der Waals surface area contributed by atoms with Gasteiger partial charge in [-0.25, -0.2) is 8.42 Å². The van der Waals surface area contributed by atoms with Crippen molar-refractivity contribution in [1.82, 2.24) is 4.90 Å². The number of nitrogens with zero attached hydrogens (tertiary/aromatic N) is 2. The molecule has 1 atom stereocenters. The Morgan fingerprint density at radius 1 is 1.38 bits per heavy atom. The van der Waals surface area contributed by atoms with Crippen LogP contribution in [-0.4, -0.2) is 44.3 Å². The number of nitrogens with two attached hydrogens (primary N) is 1. The van der Waals surface area contributed by atoms with Crippen LogP contribution >= 0.6 is 0 Å². The van der Waals surface area contributed by atoms with Gasteiger partial charge in [0.05, 0.1) is 23.4 Å². The van der Waals surface area contributed by atoms with Crippen LogP contribution in [0.3, 0.4) is 0 Å². The van der Waals surface area contributed by atoms with Crippen molar-refractivity contribution in [3.05, 3.63) is 35.4 Å². The van der Waals surface area contributed by atoms with E-state index in [-0.39, 0.29) is 18.1 Å². The fourth-order valence-corrected chi connectivity index (χ4v) is 2.47. The molecule has 0 aromatic heterocycles. The molecular formula is C14H19N3O3S. The highest BCUT2D eigenvalue weighted by Crippen LogP contribution is 2.07. The number of carbonyl (C=O) groups is 1. The van der Waals surface area contributed by atoms with Crippen LogP contribution in [0.25, 0.3) is 0 Å². The Labute approximate surface area is 125 Å². The van der Waals surface area contributed by atoms with E-state index in [9.17, 15) is 13.2 Å². The Kier molecular flexibility index (Phi) is 5.88. The fourth-order valence-electron chi connectivity index (χ4n) is 1.78. The predicted molar refractivity (Wildman–Crippen MR) is 79.9 cm³/mol. The van der Waals surface area contributed by atoms with Gasteiger partial charge in [-0.2, -0.15) is 5.26 Å². The summed E-state index contributed by atoms with van der Waals surface area (Å²) in [7, 11) is -1.51. The highest BCUT2D eigenvalue weighted by molar-refractivity contribution is 7.90. The fraction of sp³-hybridized carbons (Fsp3) is 0.429. The molecule has 114 valence electrons. The first kappa shape index (κ1) is 17.1. The zero-order chi connectivity index (χ0) is 16.0. The number of likely N-dealkylation sites (N-methyl/N-ethyl adjacent to an activating group) is 1. The quantitative estimate of drug-likeness (QED) is 0.812. The monoisotopic (exact) mass is 309 g/mol. The smallest absolute Gasteiger partial charge is 0.239 e. The first-order valence-corrected chi connectivity index (χ1v) is 8.46. The molecule has 0 aliphatic rings. The maximum atomic E-state index is 12.0. The summed E-state index contributed by atoms with van der Waals surface area (Å²) in [4.78, 5) is 13.5. The van der Waals surface area contributed by atoms with Crippen molar-refractivity contribution < 1.29 is 13.2 Å². The molecule has 21 heavy (non-hydrogen) atoms. The van der Waals surface area contributed by atoms with Gasteiger partial charge in [0.25, 0.3) is 0 Å². The lowest BCUT2D eigenvalue weighted by molar-refractivity contribution is -0.131. The molecule has 0 fully saturated rings. The normalized spacial score (nSPS) is 12.5. The third-order valence-corrected chi connectivity index (χ3v) is 3.97. The Bertz CT molecular complexity index is 632. The van der Waals surface area contributed by atoms with Gasteiger partial charge in [0.15, 0.2) is 0 Å². The van der Waals surface area contributed by atoms with Gasteiger partial charge in [0.2, 0.25) is 5.91 Å². The third-order valence-electron chi connectivity index (χ3n) is 3.00. The first-order valence-electron chi connectivity index (χ1n) is 6.40. The molecule has 0 spiro atoms. The van der Waals surface area contributed by atoms with Gasteiger partial charge < -0.3 is 10.6 Å². The number of rotatable bonds is 6. The number of sulfone groups is 1. The summed E-state index contributed by atoms with van der Waals surface area (Å²) in [6.07, 6.45) is 1.22. The lowest BCUT2D eigenvalue weighted by Crippen LogP contribution is -2.42. The molecular weight excluding hydrogens is 290 g/mol. The Morgan fingerprint density at radius 3 is 2.43 bits per heavy atom. The van der Waals surface area contributed by atoms with E-state index in [1.54, 1.807) is 31.3 Å². The number of nitriles is 1. The van der Waals surface area contributed by atoms with Crippen molar-refractivity contribution in [2.75, 3.05) is 19.1 Å². The van der Waals surface area contributed by atoms with E-state index >= 15 is 0 Å². The molecule has 1 unspecified atom stereocenters. The third kappa shape index (κ3) is 5.94. The molecule has 1 aromatic rings. The summed E-state index contributed by atoms with van der Waals surface area (Å²) < 4.78 is 22.1. The molecule has 0 saturated heterocycles. The summed E-state index contributed by atoms with van der Waals surface area (Å²) in [5.41, 5.74) is 7.15. The number of hydrogen-bond donors (Lipinski definition) is 1. The average Bonchev–Trinajstić information content (AvgIpc) is 2.43. The van der Waals surface area contributed by atoms with Crippen LogP contribution in [0, 0.1) is 11.3 Å². The van der Waals surface area contributed by atoms with Gasteiger partial charge in [-0.15, -0.1) is 0 Å². The number of benzene rings is 1. The number of hydrogen-bond acceptors (Lipinski definition) is 5. The Hall–Kier alpha value is -1.91. The number of amides is 1. The molecule has 0 aliphatic carbocycles. The van der Waals surface area contributed by atoms with Crippen molar-refractivity contribution in [2.45, 2.75) is 19.0 Å². The zero-order valence-corrected chi connectivity index (χ0v) is 12.9. The minimum atomic E-state index is -3.13. The zero-order valence-electron chi connectivity index (χ0n) is 12.1. The largest absolute Gasteiger partial charge is 0.340 e. The van der Waals surface area contributed by atoms with Crippen molar-refractivity contribution in [3.63, 3.8) is 0 Å². The molecule has 6 nitrogen and oxygen atoms in total. The van der Waals surface area contributed by atoms with Crippen molar-refractivity contribution in [1.29, 1.82) is 5.26 Å². The van der Waals surface area contributed by atoms with E-state index < -0.39 is 15.9 Å². The lowest BCUT2D eigenvalue weighted by Gasteiger charge is -2.21. The summed E-state index contributed by atoms with van der Waals surface area (Å²) in [6.45, 7) is 0.358. The van der Waals surface area contributed by atoms with Gasteiger partial charge in [0.1, 0.15) is 9.84 Å². The van der Waals surface area contributed by atoms with E-state index in [1.165, 1.54) is 4.90 Å². The molecule has 0 saturated carbocycles. The van der Waals surface area contributed by atoms with Crippen molar-refractivity contribution in [2.24, 2.45) is 5.73 Å². The van der Waals surface area contributed by atoms with Gasteiger partial charge in [-0.3, -0.25) is 4.79 Å². The second-order valence-electron chi connectivity index (χ2n) is 5.03. The van der Waals surface area contributed by atoms with Crippen LogP contribution in [0.4, 0.5) is 0 Å². The molecule has 0 heterocycles. The molecule has 1 rings (SSSR count). The summed E-state index contributed by atoms with van der Waals surface area (Å²) in [5.74, 6) is -0.409. The van der Waals surface area contributed by atoms with E-state index in [2.05, 4.69) is 0 Å². The van der Waals surface area contributed by atoms with Crippen LogP contribution in [-0.2, 0) is 21.2 Å². The first-order chi connectivity index (χ1) is 9.73. The van der Waals surface area contributed by atoms with E-state index in [4.69, 9.17) is 11.0 Å². The van der Waals surface area contributed by atoms with Crippen LogP contribution in [0.2, 0.25) is 0 Å². The van der Waals surface area contributed by atoms with Crippen LogP contribution in [0.5, 0.6) is 0 Å². The van der Waals surface area contributed by atoms with E-state index in [0.29, 0.717) is 12.1 Å².